The fraction of sp³-hybridized carbons (Fsp3) is 0.467. The number of hydrazone groups is 1. The number of nitrogens with zero attached hydrogens (tertiary/aromatic N) is 6. The van der Waals surface area contributed by atoms with Crippen LogP contribution in [0.25, 0.3) is 0 Å². The lowest BCUT2D eigenvalue weighted by Gasteiger charge is -2.03. The van der Waals surface area contributed by atoms with Crippen molar-refractivity contribution < 1.29 is 4.92 Å². The Balaban J connectivity index is 2.15. The Bertz CT molecular complexity index is 784. The molecule has 0 atom stereocenters. The van der Waals surface area contributed by atoms with Crippen molar-refractivity contribution in [2.45, 2.75) is 46.6 Å². The minimum atomic E-state index is -0.598. The van der Waals surface area contributed by atoms with Crippen molar-refractivity contribution >= 4 is 23.7 Å². The first-order valence-electron chi connectivity index (χ1n) is 8.04. The number of nitrogens with two attached hydrogens (primary N) is 1. The van der Waals surface area contributed by atoms with Gasteiger partial charge < -0.3 is 5.73 Å². The highest BCUT2D eigenvalue weighted by Crippen LogP contribution is 2.21. The van der Waals surface area contributed by atoms with Gasteiger partial charge in [0.2, 0.25) is 11.8 Å². The molecule has 0 bridgehead atoms. The Morgan fingerprint density at radius 3 is 2.88 bits per heavy atom. The van der Waals surface area contributed by atoms with Crippen molar-refractivity contribution in [1.82, 2.24) is 19.7 Å². The molecular weight excluding hydrogens is 324 g/mol. The van der Waals surface area contributed by atoms with Gasteiger partial charge in [0.05, 0.1) is 16.8 Å². The highest BCUT2D eigenvalue weighted by atomic mass is 16.6. The van der Waals surface area contributed by atoms with Crippen LogP contribution in [0.2, 0.25) is 0 Å². The summed E-state index contributed by atoms with van der Waals surface area (Å²) >= 11 is 0. The lowest BCUT2D eigenvalue weighted by molar-refractivity contribution is -0.384. The Hall–Kier alpha value is -3.04. The molecule has 0 spiro atoms. The number of nitrogen functional groups attached to an aromatic ring is 1. The van der Waals surface area contributed by atoms with E-state index in [0.29, 0.717) is 0 Å². The number of unbranched alkanes of at least 4 members (excludes halogenated alkanes) is 2. The smallest absolute Gasteiger partial charge is 0.331 e. The molecule has 0 fully saturated rings. The van der Waals surface area contributed by atoms with E-state index >= 15 is 0 Å². The summed E-state index contributed by atoms with van der Waals surface area (Å²) in [5, 5.41) is 19.5. The first-order chi connectivity index (χ1) is 11.9. The molecule has 0 saturated carbocycles. The molecule has 3 N–H and O–H groups in total. The minimum absolute atomic E-state index is 0.0561. The third kappa shape index (κ3) is 4.49. The second kappa shape index (κ2) is 8.18. The molecule has 2 aromatic rings. The number of nitro groups is 1. The molecule has 0 saturated heterocycles. The second-order valence-electron chi connectivity index (χ2n) is 5.60. The van der Waals surface area contributed by atoms with Gasteiger partial charge in [-0.1, -0.05) is 19.8 Å². The zero-order chi connectivity index (χ0) is 18.4. The molecule has 2 heterocycles. The van der Waals surface area contributed by atoms with Gasteiger partial charge in [-0.05, 0) is 20.3 Å². The maximum atomic E-state index is 11.0. The maximum Gasteiger partial charge on any atom is 0.331 e. The van der Waals surface area contributed by atoms with Crippen molar-refractivity contribution in [2.24, 2.45) is 5.10 Å². The van der Waals surface area contributed by atoms with Crippen LogP contribution in [0.1, 0.15) is 43.1 Å². The van der Waals surface area contributed by atoms with Crippen molar-refractivity contribution in [1.29, 1.82) is 0 Å². The summed E-state index contributed by atoms with van der Waals surface area (Å²) in [5.74, 6) is -0.126. The Kier molecular flexibility index (Phi) is 5.98. The average molecular weight is 346 g/mol. The molecule has 0 unspecified atom stereocenters. The van der Waals surface area contributed by atoms with Crippen LogP contribution in [0.5, 0.6) is 0 Å². The first kappa shape index (κ1) is 18.3. The molecule has 0 aromatic carbocycles. The van der Waals surface area contributed by atoms with E-state index in [9.17, 15) is 10.1 Å². The first-order valence-corrected chi connectivity index (χ1v) is 8.04. The summed E-state index contributed by atoms with van der Waals surface area (Å²) in [6.07, 6.45) is 6.00. The van der Waals surface area contributed by atoms with E-state index in [1.807, 2.05) is 18.5 Å². The van der Waals surface area contributed by atoms with Gasteiger partial charge in [-0.15, -0.1) is 0 Å². The van der Waals surface area contributed by atoms with E-state index in [2.05, 4.69) is 32.5 Å². The second-order valence-corrected chi connectivity index (χ2v) is 5.60. The van der Waals surface area contributed by atoms with Crippen LogP contribution in [0.3, 0.4) is 0 Å². The zero-order valence-electron chi connectivity index (χ0n) is 14.6. The highest BCUT2D eigenvalue weighted by Gasteiger charge is 2.16. The van der Waals surface area contributed by atoms with Crippen LogP contribution in [0, 0.1) is 24.0 Å². The molecule has 0 amide bonds. The van der Waals surface area contributed by atoms with Crippen LogP contribution in [0.15, 0.2) is 11.3 Å². The van der Waals surface area contributed by atoms with Crippen LogP contribution < -0.4 is 11.2 Å². The molecule has 134 valence electrons. The molecule has 10 nitrogen and oxygen atoms in total. The van der Waals surface area contributed by atoms with Crippen LogP contribution in [-0.4, -0.2) is 30.9 Å². The number of rotatable bonds is 8. The molecule has 25 heavy (non-hydrogen) atoms. The van der Waals surface area contributed by atoms with Gasteiger partial charge in [-0.25, -0.2) is 4.98 Å². The third-order valence-electron chi connectivity index (χ3n) is 3.76. The normalized spacial score (nSPS) is 11.2. The van der Waals surface area contributed by atoms with E-state index in [4.69, 9.17) is 5.73 Å². The zero-order valence-corrected chi connectivity index (χ0v) is 14.6. The van der Waals surface area contributed by atoms with Gasteiger partial charge in [0.25, 0.3) is 0 Å². The largest absolute Gasteiger partial charge is 0.368 e. The van der Waals surface area contributed by atoms with E-state index in [1.165, 1.54) is 0 Å². The molecule has 0 aliphatic carbocycles. The monoisotopic (exact) mass is 346 g/mol. The Labute approximate surface area is 145 Å². The average Bonchev–Trinajstić information content (AvgIpc) is 2.82. The fourth-order valence-electron chi connectivity index (χ4n) is 2.39. The number of hydrogen-bond acceptors (Lipinski definition) is 8. The lowest BCUT2D eigenvalue weighted by atomic mass is 10.2. The van der Waals surface area contributed by atoms with Gasteiger partial charge in [0.15, 0.2) is 0 Å². The Morgan fingerprint density at radius 2 is 2.20 bits per heavy atom. The van der Waals surface area contributed by atoms with Crippen LogP contribution in [0.4, 0.5) is 17.5 Å². The van der Waals surface area contributed by atoms with E-state index < -0.39 is 4.92 Å². The summed E-state index contributed by atoms with van der Waals surface area (Å²) in [4.78, 5) is 17.8. The van der Waals surface area contributed by atoms with Gasteiger partial charge in [-0.2, -0.15) is 15.2 Å². The van der Waals surface area contributed by atoms with Gasteiger partial charge in [0, 0.05) is 17.8 Å². The predicted molar refractivity (Wildman–Crippen MR) is 95.5 cm³/mol. The van der Waals surface area contributed by atoms with E-state index in [1.54, 1.807) is 6.21 Å². The topological polar surface area (TPSA) is 137 Å². The standard InChI is InChI=1S/C15H22N8O2/c1-4-5-6-7-22-11(3)12(10(2)21-22)8-18-20-14-13(23(24)25)9-17-15(16)19-14/h8-9H,4-7H2,1-3H3,(H3,16,17,19,20)/b18-8+. The van der Waals surface area contributed by atoms with Crippen molar-refractivity contribution in [3.8, 4) is 0 Å². The quantitative estimate of drug-likeness (QED) is 0.324. The molecule has 2 aromatic heterocycles. The van der Waals surface area contributed by atoms with Crippen LogP contribution in [-0.2, 0) is 6.54 Å². The summed E-state index contributed by atoms with van der Waals surface area (Å²) in [6.45, 7) is 6.88. The minimum Gasteiger partial charge on any atom is -0.368 e. The highest BCUT2D eigenvalue weighted by molar-refractivity contribution is 5.83. The van der Waals surface area contributed by atoms with Gasteiger partial charge in [-0.3, -0.25) is 20.2 Å². The number of aryl methyl sites for hydroxylation is 2. The van der Waals surface area contributed by atoms with Crippen LogP contribution >= 0.6 is 0 Å². The number of hydrogen-bond donors (Lipinski definition) is 2. The summed E-state index contributed by atoms with van der Waals surface area (Å²) in [5.41, 5.74) is 10.4. The van der Waals surface area contributed by atoms with E-state index in [0.717, 1.165) is 49.0 Å². The third-order valence-corrected chi connectivity index (χ3v) is 3.76. The lowest BCUT2D eigenvalue weighted by Crippen LogP contribution is -2.04. The van der Waals surface area contributed by atoms with Gasteiger partial charge in [0.1, 0.15) is 6.20 Å². The van der Waals surface area contributed by atoms with Crippen molar-refractivity contribution in [3.05, 3.63) is 33.3 Å². The predicted octanol–water partition coefficient (Wildman–Crippen LogP) is 2.42. The van der Waals surface area contributed by atoms with Crippen molar-refractivity contribution in [2.75, 3.05) is 11.2 Å². The summed E-state index contributed by atoms with van der Waals surface area (Å²) in [6, 6.07) is 0. The molecule has 0 aliphatic heterocycles. The Morgan fingerprint density at radius 1 is 1.44 bits per heavy atom. The SMILES string of the molecule is CCCCCn1nc(C)c(/C=N/Nc2nc(N)ncc2[N+](=O)[O-])c1C. The molecule has 0 aliphatic rings. The number of nitrogens with one attached hydrogen (secondary N) is 1. The maximum absolute atomic E-state index is 11.0. The van der Waals surface area contributed by atoms with E-state index in [-0.39, 0.29) is 17.5 Å². The van der Waals surface area contributed by atoms with Gasteiger partial charge >= 0.3 is 5.69 Å². The van der Waals surface area contributed by atoms with Crippen molar-refractivity contribution in [3.63, 3.8) is 0 Å². The molecule has 10 heteroatoms. The molecular formula is C15H22N8O2. The molecule has 2 rings (SSSR count). The number of anilines is 2. The summed E-state index contributed by atoms with van der Waals surface area (Å²) < 4.78 is 1.96. The number of aromatic nitrogens is 4. The summed E-state index contributed by atoms with van der Waals surface area (Å²) in [7, 11) is 0. The molecule has 0 radical (unpaired) electrons. The fourth-order valence-corrected chi connectivity index (χ4v) is 2.39.